The maximum Gasteiger partial charge on any atom is 0.184 e. The molecule has 232 valence electrons. The summed E-state index contributed by atoms with van der Waals surface area (Å²) in [6, 6.07) is 8.69. The Morgan fingerprint density at radius 2 is 1.56 bits per heavy atom. The van der Waals surface area contributed by atoms with Crippen LogP contribution in [0, 0.1) is 44.8 Å². The minimum atomic E-state index is -1.96. The van der Waals surface area contributed by atoms with Crippen molar-refractivity contribution in [2.24, 2.45) is 44.8 Å². The van der Waals surface area contributed by atoms with Gasteiger partial charge in [0.15, 0.2) is 28.5 Å². The lowest BCUT2D eigenvalue weighted by Gasteiger charge is -2.60. The molecule has 0 aliphatic heterocycles. The number of carbonyl (C=O) groups is 4. The molecule has 4 bridgehead atoms. The molecule has 1 spiro atoms. The highest BCUT2D eigenvalue weighted by Crippen LogP contribution is 2.77. The van der Waals surface area contributed by atoms with E-state index in [2.05, 4.69) is 33.8 Å². The maximum absolute atomic E-state index is 15.5. The lowest BCUT2D eigenvalue weighted by Crippen LogP contribution is -2.75. The highest BCUT2D eigenvalue weighted by atomic mass is 16.3. The lowest BCUT2D eigenvalue weighted by atomic mass is 9.37. The summed E-state index contributed by atoms with van der Waals surface area (Å²) in [5, 5.41) is 11.4. The van der Waals surface area contributed by atoms with E-state index in [4.69, 9.17) is 0 Å². The molecule has 0 saturated heterocycles. The lowest BCUT2D eigenvalue weighted by molar-refractivity contribution is -0.181. The SMILES string of the molecule is CC(C)=CCCC(C)=CCC12CC3CC4C(CC(C(C)(C)O)C4(C)C)(C1=O)C(=O)C(C(=O)c1ccccc1)(C2=O)C3(C)C. The van der Waals surface area contributed by atoms with E-state index < -0.39 is 50.0 Å². The van der Waals surface area contributed by atoms with Gasteiger partial charge in [-0.3, -0.25) is 19.2 Å². The fraction of sp³-hybridized carbons (Fsp3) is 0.632. The third kappa shape index (κ3) is 4.05. The number of carbonyl (C=O) groups excluding carboxylic acids is 4. The van der Waals surface area contributed by atoms with Crippen LogP contribution in [0.15, 0.2) is 53.6 Å². The van der Waals surface area contributed by atoms with Crippen LogP contribution in [-0.2, 0) is 14.4 Å². The predicted molar refractivity (Wildman–Crippen MR) is 168 cm³/mol. The number of hydrogen-bond donors (Lipinski definition) is 1. The number of aliphatic hydroxyl groups is 1. The predicted octanol–water partition coefficient (Wildman–Crippen LogP) is 7.52. The molecule has 5 heteroatoms. The van der Waals surface area contributed by atoms with Crippen LogP contribution in [0.1, 0.15) is 111 Å². The third-order valence-corrected chi connectivity index (χ3v) is 12.5. The molecule has 0 radical (unpaired) electrons. The fourth-order valence-electron chi connectivity index (χ4n) is 10.2. The van der Waals surface area contributed by atoms with Crippen LogP contribution in [0.5, 0.6) is 0 Å². The Morgan fingerprint density at radius 3 is 2.14 bits per heavy atom. The quantitative estimate of drug-likeness (QED) is 0.193. The van der Waals surface area contributed by atoms with Crippen LogP contribution < -0.4 is 0 Å². The second-order valence-corrected chi connectivity index (χ2v) is 16.2. The van der Waals surface area contributed by atoms with E-state index in [-0.39, 0.29) is 36.4 Å². The number of Topliss-reactive ketones (excluding diaryl/α,β-unsaturated/α-hetero) is 4. The molecule has 43 heavy (non-hydrogen) atoms. The Morgan fingerprint density at radius 1 is 0.930 bits per heavy atom. The molecule has 6 atom stereocenters. The van der Waals surface area contributed by atoms with Gasteiger partial charge < -0.3 is 5.11 Å². The first-order valence-corrected chi connectivity index (χ1v) is 16.1. The van der Waals surface area contributed by atoms with E-state index in [1.807, 2.05) is 32.9 Å². The van der Waals surface area contributed by atoms with Gasteiger partial charge in [-0.05, 0) is 102 Å². The summed E-state index contributed by atoms with van der Waals surface area (Å²) >= 11 is 0. The zero-order chi connectivity index (χ0) is 32.0. The molecule has 6 rings (SSSR count). The van der Waals surface area contributed by atoms with E-state index in [1.165, 1.54) is 5.57 Å². The molecule has 5 aliphatic rings. The van der Waals surface area contributed by atoms with Gasteiger partial charge in [-0.25, -0.2) is 0 Å². The summed E-state index contributed by atoms with van der Waals surface area (Å²) in [5.74, 6) is -2.67. The Kier molecular flexibility index (Phi) is 7.33. The van der Waals surface area contributed by atoms with Crippen molar-refractivity contribution in [2.45, 2.75) is 106 Å². The first kappa shape index (κ1) is 31.8. The van der Waals surface area contributed by atoms with E-state index in [9.17, 15) is 9.90 Å². The van der Waals surface area contributed by atoms with Crippen LogP contribution in [-0.4, -0.2) is 33.8 Å². The average molecular weight is 587 g/mol. The van der Waals surface area contributed by atoms with Gasteiger partial charge in [0.25, 0.3) is 0 Å². The topological polar surface area (TPSA) is 88.5 Å². The Labute approximate surface area is 257 Å². The Hall–Kier alpha value is -2.66. The molecule has 5 nitrogen and oxygen atoms in total. The molecule has 1 aromatic carbocycles. The molecule has 5 fully saturated rings. The van der Waals surface area contributed by atoms with Crippen molar-refractivity contribution >= 4 is 23.1 Å². The fourth-order valence-corrected chi connectivity index (χ4v) is 10.2. The van der Waals surface area contributed by atoms with Crippen LogP contribution >= 0.6 is 0 Å². The minimum Gasteiger partial charge on any atom is -0.390 e. The van der Waals surface area contributed by atoms with Gasteiger partial charge in [-0.2, -0.15) is 0 Å². The number of allylic oxidation sites excluding steroid dienone is 4. The zero-order valence-corrected chi connectivity index (χ0v) is 27.6. The molecule has 5 saturated carbocycles. The van der Waals surface area contributed by atoms with E-state index >= 15 is 14.4 Å². The number of benzene rings is 1. The molecule has 6 unspecified atom stereocenters. The summed E-state index contributed by atoms with van der Waals surface area (Å²) in [6.07, 6.45) is 7.19. The van der Waals surface area contributed by atoms with Gasteiger partial charge in [0.05, 0.1) is 16.4 Å². The molecule has 1 N–H and O–H groups in total. The number of hydrogen-bond acceptors (Lipinski definition) is 5. The van der Waals surface area contributed by atoms with Crippen LogP contribution in [0.25, 0.3) is 0 Å². The molecular formula is C38H50O5. The van der Waals surface area contributed by atoms with Crippen molar-refractivity contribution in [1.82, 2.24) is 0 Å². The summed E-state index contributed by atoms with van der Waals surface area (Å²) in [5.41, 5.74) is -4.92. The standard InChI is InChI=1S/C38H50O5/c1-23(2)14-13-15-24(3)18-19-36-21-26-20-27-33(4,5)28(35(8,9)43)22-37(27,30(36)40)32(42)38(31(36)41,34(26,6)7)29(39)25-16-11-10-12-17-25/h10-12,14,16-18,26-28,43H,13,15,19-22H2,1-9H3. The van der Waals surface area contributed by atoms with Gasteiger partial charge in [0.1, 0.15) is 0 Å². The van der Waals surface area contributed by atoms with E-state index in [0.717, 1.165) is 18.4 Å². The third-order valence-electron chi connectivity index (χ3n) is 12.5. The first-order chi connectivity index (χ1) is 19.8. The van der Waals surface area contributed by atoms with Crippen molar-refractivity contribution in [3.05, 3.63) is 59.2 Å². The highest BCUT2D eigenvalue weighted by Gasteiger charge is 2.86. The van der Waals surface area contributed by atoms with Crippen molar-refractivity contribution < 1.29 is 24.3 Å². The number of rotatable bonds is 8. The minimum absolute atomic E-state index is 0.163. The Bertz CT molecular complexity index is 1430. The second kappa shape index (κ2) is 9.92. The van der Waals surface area contributed by atoms with Gasteiger partial charge in [-0.15, -0.1) is 0 Å². The zero-order valence-electron chi connectivity index (χ0n) is 27.6. The summed E-state index contributed by atoms with van der Waals surface area (Å²) in [7, 11) is 0. The second-order valence-electron chi connectivity index (χ2n) is 16.2. The van der Waals surface area contributed by atoms with Crippen molar-refractivity contribution in [1.29, 1.82) is 0 Å². The smallest absolute Gasteiger partial charge is 0.184 e. The summed E-state index contributed by atoms with van der Waals surface area (Å²) in [6.45, 7) is 17.7. The number of ketones is 4. The largest absolute Gasteiger partial charge is 0.390 e. The van der Waals surface area contributed by atoms with Gasteiger partial charge >= 0.3 is 0 Å². The molecule has 0 heterocycles. The normalized spacial score (nSPS) is 36.0. The first-order valence-electron chi connectivity index (χ1n) is 16.1. The van der Waals surface area contributed by atoms with Crippen LogP contribution in [0.2, 0.25) is 0 Å². The molecule has 1 aromatic rings. The monoisotopic (exact) mass is 586 g/mol. The van der Waals surface area contributed by atoms with Crippen LogP contribution in [0.4, 0.5) is 0 Å². The summed E-state index contributed by atoms with van der Waals surface area (Å²) < 4.78 is 0. The Balaban J connectivity index is 1.78. The molecule has 0 amide bonds. The maximum atomic E-state index is 15.5. The molecule has 0 aromatic heterocycles. The molecular weight excluding hydrogens is 536 g/mol. The van der Waals surface area contributed by atoms with Crippen molar-refractivity contribution in [3.63, 3.8) is 0 Å². The average Bonchev–Trinajstić information content (AvgIpc) is 3.07. The van der Waals surface area contributed by atoms with Gasteiger partial charge in [0, 0.05) is 5.56 Å². The highest BCUT2D eigenvalue weighted by molar-refractivity contribution is 6.42. The van der Waals surface area contributed by atoms with Crippen molar-refractivity contribution in [3.8, 4) is 0 Å². The molecule has 5 aliphatic carbocycles. The van der Waals surface area contributed by atoms with E-state index in [0.29, 0.717) is 18.4 Å². The van der Waals surface area contributed by atoms with Crippen LogP contribution in [0.3, 0.4) is 0 Å². The van der Waals surface area contributed by atoms with Gasteiger partial charge in [0.2, 0.25) is 0 Å². The van der Waals surface area contributed by atoms with Crippen molar-refractivity contribution in [2.75, 3.05) is 0 Å². The summed E-state index contributed by atoms with van der Waals surface area (Å²) in [4.78, 5) is 60.8. The van der Waals surface area contributed by atoms with Gasteiger partial charge in [-0.1, -0.05) is 81.3 Å². The van der Waals surface area contributed by atoms with E-state index in [1.54, 1.807) is 38.1 Å².